The Morgan fingerprint density at radius 3 is 2.61 bits per heavy atom. The highest BCUT2D eigenvalue weighted by atomic mass is 35.5. The van der Waals surface area contributed by atoms with Crippen LogP contribution in [-0.4, -0.2) is 25.4 Å². The zero-order chi connectivity index (χ0) is 20.3. The van der Waals surface area contributed by atoms with E-state index in [1.807, 2.05) is 6.07 Å². The van der Waals surface area contributed by atoms with Crippen LogP contribution in [0, 0.1) is 0 Å². The number of carbonyl (C=O) groups is 2. The highest BCUT2D eigenvalue weighted by Crippen LogP contribution is 2.38. The SMILES string of the molecule is C=CCc1cc(/C=C2/SC(=O)N(c3cccc(Cl)c3)C2=O)cc(OC)c1OC. The van der Waals surface area contributed by atoms with Crippen LogP contribution in [0.2, 0.25) is 5.02 Å². The summed E-state index contributed by atoms with van der Waals surface area (Å²) in [5.41, 5.74) is 2.04. The Labute approximate surface area is 172 Å². The van der Waals surface area contributed by atoms with Crippen molar-refractivity contribution >= 4 is 46.3 Å². The molecular formula is C21H18ClNO4S. The Kier molecular flexibility index (Phi) is 6.11. The molecule has 2 amide bonds. The molecule has 2 aromatic carbocycles. The van der Waals surface area contributed by atoms with E-state index in [1.165, 1.54) is 0 Å². The van der Waals surface area contributed by atoms with Gasteiger partial charge in [0.2, 0.25) is 0 Å². The first-order valence-corrected chi connectivity index (χ1v) is 9.57. The fourth-order valence-electron chi connectivity index (χ4n) is 2.91. The van der Waals surface area contributed by atoms with Gasteiger partial charge in [0.15, 0.2) is 11.5 Å². The van der Waals surface area contributed by atoms with Gasteiger partial charge < -0.3 is 9.47 Å². The molecule has 0 atom stereocenters. The number of amides is 2. The summed E-state index contributed by atoms with van der Waals surface area (Å²) in [6.45, 7) is 3.76. The van der Waals surface area contributed by atoms with Gasteiger partial charge in [0.1, 0.15) is 0 Å². The Morgan fingerprint density at radius 1 is 1.18 bits per heavy atom. The quantitative estimate of drug-likeness (QED) is 0.471. The lowest BCUT2D eigenvalue weighted by Gasteiger charge is -2.13. The summed E-state index contributed by atoms with van der Waals surface area (Å²) < 4.78 is 10.8. The summed E-state index contributed by atoms with van der Waals surface area (Å²) in [5.74, 6) is 0.770. The second kappa shape index (κ2) is 8.54. The van der Waals surface area contributed by atoms with Crippen molar-refractivity contribution in [1.82, 2.24) is 0 Å². The number of ether oxygens (including phenoxy) is 2. The summed E-state index contributed by atoms with van der Waals surface area (Å²) in [7, 11) is 3.12. The number of hydrogen-bond donors (Lipinski definition) is 0. The van der Waals surface area contributed by atoms with Crippen LogP contribution in [-0.2, 0) is 11.2 Å². The number of imide groups is 1. The molecule has 3 rings (SSSR count). The maximum atomic E-state index is 12.8. The molecule has 0 bridgehead atoms. The molecular weight excluding hydrogens is 398 g/mol. The fraction of sp³-hybridized carbons (Fsp3) is 0.143. The Hall–Kier alpha value is -2.70. The number of thioether (sulfide) groups is 1. The Balaban J connectivity index is 2.00. The van der Waals surface area contributed by atoms with Crippen LogP contribution in [0.15, 0.2) is 54.0 Å². The largest absolute Gasteiger partial charge is 0.493 e. The maximum absolute atomic E-state index is 12.8. The summed E-state index contributed by atoms with van der Waals surface area (Å²) in [6, 6.07) is 10.3. The van der Waals surface area contributed by atoms with Gasteiger partial charge in [-0.3, -0.25) is 9.59 Å². The molecule has 7 heteroatoms. The summed E-state index contributed by atoms with van der Waals surface area (Å²) >= 11 is 6.87. The first kappa shape index (κ1) is 20.0. The maximum Gasteiger partial charge on any atom is 0.298 e. The number of anilines is 1. The third-order valence-corrected chi connectivity index (χ3v) is 5.20. The van der Waals surface area contributed by atoms with Gasteiger partial charge in [0.05, 0.1) is 24.8 Å². The zero-order valence-corrected chi connectivity index (χ0v) is 17.0. The molecule has 144 valence electrons. The van der Waals surface area contributed by atoms with E-state index in [4.69, 9.17) is 21.1 Å². The molecule has 0 unspecified atom stereocenters. The lowest BCUT2D eigenvalue weighted by molar-refractivity contribution is -0.113. The predicted molar refractivity (Wildman–Crippen MR) is 113 cm³/mol. The van der Waals surface area contributed by atoms with Crippen LogP contribution in [0.1, 0.15) is 11.1 Å². The molecule has 1 fully saturated rings. The van der Waals surface area contributed by atoms with E-state index < -0.39 is 5.91 Å². The van der Waals surface area contributed by atoms with Gasteiger partial charge in [-0.15, -0.1) is 6.58 Å². The average molecular weight is 416 g/mol. The zero-order valence-electron chi connectivity index (χ0n) is 15.4. The highest BCUT2D eigenvalue weighted by Gasteiger charge is 2.36. The molecule has 1 aliphatic heterocycles. The number of methoxy groups -OCH3 is 2. The van der Waals surface area contributed by atoms with Gasteiger partial charge in [0.25, 0.3) is 11.1 Å². The first-order chi connectivity index (χ1) is 13.5. The number of carbonyl (C=O) groups excluding carboxylic acids is 2. The number of rotatable bonds is 6. The standard InChI is InChI=1S/C21H18ClNO4S/c1-4-6-14-9-13(10-17(26-2)19(14)27-3)11-18-20(24)23(21(25)28-18)16-8-5-7-15(22)12-16/h4-5,7-12H,1,6H2,2-3H3/b18-11+. The lowest BCUT2D eigenvalue weighted by atomic mass is 10.0. The molecule has 28 heavy (non-hydrogen) atoms. The van der Waals surface area contributed by atoms with Gasteiger partial charge in [-0.2, -0.15) is 0 Å². The van der Waals surface area contributed by atoms with E-state index in [0.717, 1.165) is 27.8 Å². The lowest BCUT2D eigenvalue weighted by Crippen LogP contribution is -2.27. The van der Waals surface area contributed by atoms with Crippen LogP contribution in [0.3, 0.4) is 0 Å². The van der Waals surface area contributed by atoms with E-state index in [1.54, 1.807) is 56.7 Å². The van der Waals surface area contributed by atoms with Crippen molar-refractivity contribution in [3.63, 3.8) is 0 Å². The second-order valence-electron chi connectivity index (χ2n) is 5.91. The summed E-state index contributed by atoms with van der Waals surface area (Å²) in [6.07, 6.45) is 4.00. The molecule has 1 saturated heterocycles. The van der Waals surface area contributed by atoms with Crippen LogP contribution in [0.25, 0.3) is 6.08 Å². The molecule has 0 N–H and O–H groups in total. The van der Waals surface area contributed by atoms with E-state index >= 15 is 0 Å². The normalized spacial score (nSPS) is 15.2. The topological polar surface area (TPSA) is 55.8 Å². The van der Waals surface area contributed by atoms with Gasteiger partial charge in [-0.1, -0.05) is 23.7 Å². The molecule has 0 aromatic heterocycles. The third kappa shape index (κ3) is 3.93. The number of nitrogens with zero attached hydrogens (tertiary/aromatic N) is 1. The molecule has 0 radical (unpaired) electrons. The van der Waals surface area contributed by atoms with Gasteiger partial charge in [-0.25, -0.2) is 4.90 Å². The average Bonchev–Trinajstić information content (AvgIpc) is 2.94. The van der Waals surface area contributed by atoms with Crippen molar-refractivity contribution in [3.05, 3.63) is 70.1 Å². The van der Waals surface area contributed by atoms with Crippen molar-refractivity contribution < 1.29 is 19.1 Å². The predicted octanol–water partition coefficient (Wildman–Crippen LogP) is 5.33. The number of halogens is 1. The minimum Gasteiger partial charge on any atom is -0.493 e. The Bertz CT molecular complexity index is 986. The fourth-order valence-corrected chi connectivity index (χ4v) is 3.94. The molecule has 1 heterocycles. The van der Waals surface area contributed by atoms with Crippen LogP contribution < -0.4 is 14.4 Å². The van der Waals surface area contributed by atoms with Crippen LogP contribution >= 0.6 is 23.4 Å². The summed E-state index contributed by atoms with van der Waals surface area (Å²) in [4.78, 5) is 26.7. The van der Waals surface area contributed by atoms with Crippen molar-refractivity contribution in [3.8, 4) is 11.5 Å². The molecule has 0 saturated carbocycles. The van der Waals surface area contributed by atoms with Gasteiger partial charge in [-0.05, 0) is 60.2 Å². The molecule has 0 aliphatic carbocycles. The molecule has 5 nitrogen and oxygen atoms in total. The molecule has 2 aromatic rings. The van der Waals surface area contributed by atoms with Crippen LogP contribution in [0.4, 0.5) is 10.5 Å². The monoisotopic (exact) mass is 415 g/mol. The van der Waals surface area contributed by atoms with E-state index in [9.17, 15) is 9.59 Å². The second-order valence-corrected chi connectivity index (χ2v) is 7.33. The number of hydrogen-bond acceptors (Lipinski definition) is 5. The van der Waals surface area contributed by atoms with Gasteiger partial charge >= 0.3 is 0 Å². The van der Waals surface area contributed by atoms with Crippen molar-refractivity contribution in [2.75, 3.05) is 19.1 Å². The minimum atomic E-state index is -0.391. The Morgan fingerprint density at radius 2 is 1.96 bits per heavy atom. The molecule has 0 spiro atoms. The third-order valence-electron chi connectivity index (χ3n) is 4.10. The smallest absolute Gasteiger partial charge is 0.298 e. The number of benzene rings is 2. The van der Waals surface area contributed by atoms with Crippen molar-refractivity contribution in [2.24, 2.45) is 0 Å². The molecule has 1 aliphatic rings. The van der Waals surface area contributed by atoms with Crippen molar-refractivity contribution in [1.29, 1.82) is 0 Å². The summed E-state index contributed by atoms with van der Waals surface area (Å²) in [5, 5.41) is 0.0831. The van der Waals surface area contributed by atoms with Crippen LogP contribution in [0.5, 0.6) is 11.5 Å². The van der Waals surface area contributed by atoms with E-state index in [2.05, 4.69) is 6.58 Å². The highest BCUT2D eigenvalue weighted by molar-refractivity contribution is 8.19. The van der Waals surface area contributed by atoms with E-state index in [-0.39, 0.29) is 5.24 Å². The van der Waals surface area contributed by atoms with E-state index in [0.29, 0.717) is 33.5 Å². The van der Waals surface area contributed by atoms with Crippen molar-refractivity contribution in [2.45, 2.75) is 6.42 Å². The van der Waals surface area contributed by atoms with Gasteiger partial charge in [0, 0.05) is 10.6 Å². The minimum absolute atomic E-state index is 0.321. The number of allylic oxidation sites excluding steroid dienone is 1. The first-order valence-electron chi connectivity index (χ1n) is 8.37.